The fraction of sp³-hybridized carbons (Fsp3) is 0.926. The number of amides is 2. The van der Waals surface area contributed by atoms with Gasteiger partial charge in [-0.2, -0.15) is 0 Å². The molecule has 44 heavy (non-hydrogen) atoms. The Morgan fingerprint density at radius 1 is 0.545 bits per heavy atom. The summed E-state index contributed by atoms with van der Waals surface area (Å²) in [5, 5.41) is 42.4. The molecule has 0 radical (unpaired) electrons. The first kappa shape index (κ1) is 42.4. The predicted molar refractivity (Wildman–Crippen MR) is 156 cm³/mol. The van der Waals surface area contributed by atoms with Crippen molar-refractivity contribution < 1.29 is 67.9 Å². The molecule has 0 bridgehead atoms. The molecule has 0 aromatic heterocycles. The lowest BCUT2D eigenvalue weighted by Crippen LogP contribution is -2.46. The highest BCUT2D eigenvalue weighted by molar-refractivity contribution is 5.84. The molecule has 17 heteroatoms. The fourth-order valence-corrected chi connectivity index (χ4v) is 3.12. The zero-order chi connectivity index (χ0) is 32.5. The summed E-state index contributed by atoms with van der Waals surface area (Å²) in [6.07, 6.45) is -4.32. The molecule has 0 aliphatic carbocycles. The van der Waals surface area contributed by atoms with Crippen LogP contribution in [0.3, 0.4) is 0 Å². The third kappa shape index (κ3) is 29.1. The van der Waals surface area contributed by atoms with Gasteiger partial charge in [-0.25, -0.2) is 0 Å². The zero-order valence-corrected chi connectivity index (χ0v) is 25.7. The van der Waals surface area contributed by atoms with Crippen LogP contribution in [0.25, 0.3) is 0 Å². The molecule has 3 unspecified atom stereocenters. The third-order valence-electron chi connectivity index (χ3n) is 5.51. The zero-order valence-electron chi connectivity index (χ0n) is 25.7. The number of carbonyl (C=O) groups excluding carboxylic acids is 2. The molecular weight excluding hydrogens is 590 g/mol. The highest BCUT2D eigenvalue weighted by Crippen LogP contribution is 2.03. The van der Waals surface area contributed by atoms with E-state index in [4.69, 9.17) is 48.7 Å². The minimum atomic E-state index is -1.52. The van der Waals surface area contributed by atoms with Crippen molar-refractivity contribution in [2.75, 3.05) is 132 Å². The van der Waals surface area contributed by atoms with E-state index in [-0.39, 0.29) is 39.1 Å². The standard InChI is InChI=1S/C27H55N3O14/c28-3-6-38-8-10-40-12-14-42-16-18-44-20-19-43-17-15-41-13-11-39-9-7-37-5-2-25(34)30-22-26(35)29-21-24(33)27(36)23(32)1-4-31/h23-24,27,31-33,36H,1-22,28H2,(H,29,35)(H,30,34). The van der Waals surface area contributed by atoms with Gasteiger partial charge in [-0.15, -0.1) is 0 Å². The van der Waals surface area contributed by atoms with E-state index >= 15 is 0 Å². The Morgan fingerprint density at radius 3 is 1.32 bits per heavy atom. The Kier molecular flexibility index (Phi) is 31.6. The van der Waals surface area contributed by atoms with Crippen LogP contribution in [-0.2, 0) is 47.5 Å². The lowest BCUT2D eigenvalue weighted by atomic mass is 10.1. The average Bonchev–Trinajstić information content (AvgIpc) is 3.02. The Balaban J connectivity index is 3.34. The molecule has 262 valence electrons. The number of ether oxygens (including phenoxy) is 8. The van der Waals surface area contributed by atoms with E-state index < -0.39 is 30.1 Å². The summed E-state index contributed by atoms with van der Waals surface area (Å²) in [5.41, 5.74) is 5.31. The summed E-state index contributed by atoms with van der Waals surface area (Å²) < 4.78 is 42.9. The van der Waals surface area contributed by atoms with Crippen molar-refractivity contribution in [1.82, 2.24) is 10.6 Å². The molecule has 0 spiro atoms. The number of aliphatic hydroxyl groups is 4. The number of aliphatic hydroxyl groups excluding tert-OH is 4. The van der Waals surface area contributed by atoms with E-state index in [1.54, 1.807) is 0 Å². The van der Waals surface area contributed by atoms with Crippen molar-refractivity contribution in [2.45, 2.75) is 31.2 Å². The van der Waals surface area contributed by atoms with Gasteiger partial charge in [0.05, 0.1) is 124 Å². The molecule has 0 rings (SSSR count). The Bertz CT molecular complexity index is 653. The number of rotatable bonds is 34. The second kappa shape index (κ2) is 32.8. The maximum atomic E-state index is 11.8. The summed E-state index contributed by atoms with van der Waals surface area (Å²) in [6, 6.07) is 0. The topological polar surface area (TPSA) is 239 Å². The lowest BCUT2D eigenvalue weighted by Gasteiger charge is -2.22. The predicted octanol–water partition coefficient (Wildman–Crippen LogP) is -3.83. The SMILES string of the molecule is NCCOCCOCCOCCOCCOCCOCCOCCOCCC(=O)NCC(=O)NCC(O)C(O)C(O)CCO. The summed E-state index contributed by atoms with van der Waals surface area (Å²) in [4.78, 5) is 23.5. The van der Waals surface area contributed by atoms with Gasteiger partial charge in [0.2, 0.25) is 11.8 Å². The number of nitrogens with two attached hydrogens (primary N) is 1. The van der Waals surface area contributed by atoms with E-state index in [1.807, 2.05) is 0 Å². The fourth-order valence-electron chi connectivity index (χ4n) is 3.12. The van der Waals surface area contributed by atoms with Crippen LogP contribution in [0.2, 0.25) is 0 Å². The van der Waals surface area contributed by atoms with Crippen LogP contribution in [-0.4, -0.2) is 183 Å². The highest BCUT2D eigenvalue weighted by atomic mass is 16.6. The third-order valence-corrected chi connectivity index (χ3v) is 5.51. The van der Waals surface area contributed by atoms with Crippen LogP contribution in [0.15, 0.2) is 0 Å². The smallest absolute Gasteiger partial charge is 0.239 e. The van der Waals surface area contributed by atoms with Crippen LogP contribution < -0.4 is 16.4 Å². The van der Waals surface area contributed by atoms with E-state index in [0.29, 0.717) is 106 Å². The molecule has 0 aromatic rings. The molecule has 0 saturated carbocycles. The van der Waals surface area contributed by atoms with Crippen LogP contribution in [0.1, 0.15) is 12.8 Å². The quantitative estimate of drug-likeness (QED) is 0.0332. The monoisotopic (exact) mass is 645 g/mol. The second-order valence-electron chi connectivity index (χ2n) is 9.16. The maximum absolute atomic E-state index is 11.8. The van der Waals surface area contributed by atoms with Crippen molar-refractivity contribution in [2.24, 2.45) is 5.73 Å². The van der Waals surface area contributed by atoms with Crippen LogP contribution in [0.5, 0.6) is 0 Å². The van der Waals surface area contributed by atoms with E-state index in [9.17, 15) is 24.9 Å². The Labute approximate surface area is 259 Å². The van der Waals surface area contributed by atoms with Crippen molar-refractivity contribution in [3.05, 3.63) is 0 Å². The number of hydrogen-bond donors (Lipinski definition) is 7. The molecule has 0 saturated heterocycles. The molecule has 0 aliphatic heterocycles. The number of hydrogen-bond acceptors (Lipinski definition) is 15. The largest absolute Gasteiger partial charge is 0.396 e. The van der Waals surface area contributed by atoms with Crippen LogP contribution >= 0.6 is 0 Å². The molecule has 2 amide bonds. The maximum Gasteiger partial charge on any atom is 0.239 e. The molecule has 8 N–H and O–H groups in total. The number of carbonyl (C=O) groups is 2. The van der Waals surface area contributed by atoms with Gasteiger partial charge in [-0.05, 0) is 6.42 Å². The minimum Gasteiger partial charge on any atom is -0.396 e. The lowest BCUT2D eigenvalue weighted by molar-refractivity contribution is -0.127. The second-order valence-corrected chi connectivity index (χ2v) is 9.16. The van der Waals surface area contributed by atoms with Gasteiger partial charge in [-0.1, -0.05) is 0 Å². The number of nitrogens with one attached hydrogen (secondary N) is 2. The van der Waals surface area contributed by atoms with Gasteiger partial charge in [0.1, 0.15) is 6.10 Å². The summed E-state index contributed by atoms with van der Waals surface area (Å²) in [6.45, 7) is 6.46. The first-order valence-corrected chi connectivity index (χ1v) is 14.9. The summed E-state index contributed by atoms with van der Waals surface area (Å²) in [7, 11) is 0. The van der Waals surface area contributed by atoms with Crippen molar-refractivity contribution >= 4 is 11.8 Å². The van der Waals surface area contributed by atoms with Gasteiger partial charge in [-0.3, -0.25) is 9.59 Å². The van der Waals surface area contributed by atoms with E-state index in [0.717, 1.165) is 0 Å². The Hall–Kier alpha value is -1.58. The van der Waals surface area contributed by atoms with Gasteiger partial charge in [0.15, 0.2) is 0 Å². The first-order valence-electron chi connectivity index (χ1n) is 14.9. The van der Waals surface area contributed by atoms with Gasteiger partial charge in [0.25, 0.3) is 0 Å². The molecule has 0 fully saturated rings. The van der Waals surface area contributed by atoms with Gasteiger partial charge < -0.3 is 74.7 Å². The molecule has 3 atom stereocenters. The van der Waals surface area contributed by atoms with Crippen molar-refractivity contribution in [3.63, 3.8) is 0 Å². The molecule has 0 aromatic carbocycles. The molecule has 0 heterocycles. The molecule has 0 aliphatic rings. The minimum absolute atomic E-state index is 0.0480. The summed E-state index contributed by atoms with van der Waals surface area (Å²) in [5.74, 6) is -0.968. The highest BCUT2D eigenvalue weighted by Gasteiger charge is 2.24. The molecular formula is C27H55N3O14. The normalized spacial score (nSPS) is 13.5. The van der Waals surface area contributed by atoms with E-state index in [2.05, 4.69) is 10.6 Å². The van der Waals surface area contributed by atoms with E-state index in [1.165, 1.54) is 0 Å². The first-order chi connectivity index (χ1) is 21.4. The molecule has 17 nitrogen and oxygen atoms in total. The van der Waals surface area contributed by atoms with Crippen molar-refractivity contribution in [3.8, 4) is 0 Å². The van der Waals surface area contributed by atoms with Crippen LogP contribution in [0, 0.1) is 0 Å². The average molecular weight is 646 g/mol. The summed E-state index contributed by atoms with van der Waals surface area (Å²) >= 11 is 0. The Morgan fingerprint density at radius 2 is 0.932 bits per heavy atom. The van der Waals surface area contributed by atoms with Crippen molar-refractivity contribution in [1.29, 1.82) is 0 Å². The van der Waals surface area contributed by atoms with Gasteiger partial charge >= 0.3 is 0 Å². The van der Waals surface area contributed by atoms with Gasteiger partial charge in [0, 0.05) is 26.1 Å². The van der Waals surface area contributed by atoms with Crippen LogP contribution in [0.4, 0.5) is 0 Å².